The van der Waals surface area contributed by atoms with E-state index in [9.17, 15) is 4.79 Å². The molecular weight excluding hydrogens is 264 g/mol. The van der Waals surface area contributed by atoms with Crippen LogP contribution in [-0.2, 0) is 10.3 Å². The molecule has 4 heteroatoms. The van der Waals surface area contributed by atoms with Crippen molar-refractivity contribution in [3.63, 3.8) is 0 Å². The maximum absolute atomic E-state index is 12.0. The quantitative estimate of drug-likeness (QED) is 0.845. The van der Waals surface area contributed by atoms with Gasteiger partial charge in [-0.3, -0.25) is 0 Å². The predicted molar refractivity (Wildman–Crippen MR) is 84.2 cm³/mol. The van der Waals surface area contributed by atoms with E-state index in [1.807, 2.05) is 30.3 Å². The summed E-state index contributed by atoms with van der Waals surface area (Å²) < 4.78 is 5.75. The molecule has 1 fully saturated rings. The third-order valence-electron chi connectivity index (χ3n) is 4.49. The van der Waals surface area contributed by atoms with Crippen molar-refractivity contribution >= 4 is 6.03 Å². The number of nitrogens with one attached hydrogen (secondary N) is 2. The lowest BCUT2D eigenvalue weighted by Crippen LogP contribution is -2.47. The Labute approximate surface area is 127 Å². The van der Waals surface area contributed by atoms with Crippen LogP contribution in [0.3, 0.4) is 0 Å². The molecule has 0 radical (unpaired) electrons. The van der Waals surface area contributed by atoms with Gasteiger partial charge in [-0.2, -0.15) is 0 Å². The highest BCUT2D eigenvalue weighted by Gasteiger charge is 2.30. The zero-order chi connectivity index (χ0) is 15.1. The van der Waals surface area contributed by atoms with E-state index in [-0.39, 0.29) is 6.03 Å². The summed E-state index contributed by atoms with van der Waals surface area (Å²) in [6.45, 7) is 2.55. The van der Waals surface area contributed by atoms with Crippen molar-refractivity contribution in [1.82, 2.24) is 10.6 Å². The molecule has 21 heavy (non-hydrogen) atoms. The van der Waals surface area contributed by atoms with E-state index >= 15 is 0 Å². The Bertz CT molecular complexity index is 437. The molecule has 2 rings (SSSR count). The Hall–Kier alpha value is -1.55. The van der Waals surface area contributed by atoms with Crippen molar-refractivity contribution in [2.75, 3.05) is 13.7 Å². The van der Waals surface area contributed by atoms with Crippen LogP contribution in [0.1, 0.15) is 44.6 Å². The van der Waals surface area contributed by atoms with E-state index in [4.69, 9.17) is 4.74 Å². The number of benzene rings is 1. The summed E-state index contributed by atoms with van der Waals surface area (Å²) in [5, 5.41) is 6.02. The van der Waals surface area contributed by atoms with Gasteiger partial charge < -0.3 is 15.4 Å². The highest BCUT2D eigenvalue weighted by Crippen LogP contribution is 2.28. The van der Waals surface area contributed by atoms with Crippen LogP contribution >= 0.6 is 0 Å². The van der Waals surface area contributed by atoms with Crippen molar-refractivity contribution in [2.24, 2.45) is 0 Å². The molecule has 1 unspecified atom stereocenters. The van der Waals surface area contributed by atoms with E-state index in [1.165, 1.54) is 12.8 Å². The zero-order valence-corrected chi connectivity index (χ0v) is 13.0. The van der Waals surface area contributed by atoms with Crippen molar-refractivity contribution in [3.05, 3.63) is 35.9 Å². The van der Waals surface area contributed by atoms with Crippen LogP contribution < -0.4 is 10.6 Å². The minimum atomic E-state index is -0.464. The van der Waals surface area contributed by atoms with Gasteiger partial charge in [0, 0.05) is 13.2 Å². The average molecular weight is 290 g/mol. The molecule has 0 aliphatic heterocycles. The standard InChI is InChI=1S/C17H26N2O2/c1-3-17(21-2,14-9-5-4-6-10-14)13-18-16(20)19-15-11-7-8-12-15/h4-6,9-10,15H,3,7-8,11-13H2,1-2H3,(H2,18,19,20). The second kappa shape index (κ2) is 7.46. The van der Waals surface area contributed by atoms with Gasteiger partial charge in [0.2, 0.25) is 0 Å². The normalized spacial score (nSPS) is 18.2. The first kappa shape index (κ1) is 15.8. The van der Waals surface area contributed by atoms with E-state index < -0.39 is 5.60 Å². The molecule has 0 aromatic heterocycles. The molecule has 0 heterocycles. The minimum absolute atomic E-state index is 0.0901. The first-order valence-corrected chi connectivity index (χ1v) is 7.85. The van der Waals surface area contributed by atoms with Gasteiger partial charge in [0.25, 0.3) is 0 Å². The van der Waals surface area contributed by atoms with Gasteiger partial charge in [0.15, 0.2) is 0 Å². The van der Waals surface area contributed by atoms with Gasteiger partial charge in [-0.25, -0.2) is 4.79 Å². The summed E-state index contributed by atoms with van der Waals surface area (Å²) in [7, 11) is 1.70. The van der Waals surface area contributed by atoms with E-state index in [1.54, 1.807) is 7.11 Å². The number of methoxy groups -OCH3 is 1. The second-order valence-corrected chi connectivity index (χ2v) is 5.73. The van der Waals surface area contributed by atoms with Crippen LogP contribution in [0.2, 0.25) is 0 Å². The van der Waals surface area contributed by atoms with Crippen LogP contribution in [0.4, 0.5) is 4.79 Å². The van der Waals surface area contributed by atoms with Gasteiger partial charge >= 0.3 is 6.03 Å². The van der Waals surface area contributed by atoms with Gasteiger partial charge in [-0.15, -0.1) is 0 Å². The molecule has 1 saturated carbocycles. The number of hydrogen-bond acceptors (Lipinski definition) is 2. The second-order valence-electron chi connectivity index (χ2n) is 5.73. The minimum Gasteiger partial charge on any atom is -0.372 e. The van der Waals surface area contributed by atoms with Crippen LogP contribution in [0.25, 0.3) is 0 Å². The zero-order valence-electron chi connectivity index (χ0n) is 13.0. The number of hydrogen-bond donors (Lipinski definition) is 2. The third kappa shape index (κ3) is 3.97. The Morgan fingerprint density at radius 3 is 2.52 bits per heavy atom. The number of carbonyl (C=O) groups is 1. The predicted octanol–water partition coefficient (Wildman–Crippen LogP) is 3.18. The molecule has 0 spiro atoms. The highest BCUT2D eigenvalue weighted by molar-refractivity contribution is 5.74. The fraction of sp³-hybridized carbons (Fsp3) is 0.588. The monoisotopic (exact) mass is 290 g/mol. The number of rotatable bonds is 6. The molecule has 2 N–H and O–H groups in total. The summed E-state index contributed by atoms with van der Waals surface area (Å²) in [5.74, 6) is 0. The van der Waals surface area contributed by atoms with Crippen molar-refractivity contribution in [1.29, 1.82) is 0 Å². The Kier molecular flexibility index (Phi) is 5.62. The van der Waals surface area contributed by atoms with Gasteiger partial charge in [0.1, 0.15) is 5.60 Å². The van der Waals surface area contributed by atoms with Crippen molar-refractivity contribution in [3.8, 4) is 0 Å². The Morgan fingerprint density at radius 2 is 1.95 bits per heavy atom. The molecule has 116 valence electrons. The molecule has 1 atom stereocenters. The van der Waals surface area contributed by atoms with Gasteiger partial charge in [-0.1, -0.05) is 50.1 Å². The SMILES string of the molecule is CCC(CNC(=O)NC1CCCC1)(OC)c1ccccc1. The summed E-state index contributed by atoms with van der Waals surface area (Å²) in [5.41, 5.74) is 0.630. The molecule has 1 aliphatic carbocycles. The van der Waals surface area contributed by atoms with Crippen molar-refractivity contribution < 1.29 is 9.53 Å². The number of carbonyl (C=O) groups excluding carboxylic acids is 1. The summed E-state index contributed by atoms with van der Waals surface area (Å²) >= 11 is 0. The van der Waals surface area contributed by atoms with Crippen LogP contribution in [0.5, 0.6) is 0 Å². The summed E-state index contributed by atoms with van der Waals surface area (Å²) in [6, 6.07) is 10.3. The lowest BCUT2D eigenvalue weighted by atomic mass is 9.91. The topological polar surface area (TPSA) is 50.4 Å². The summed E-state index contributed by atoms with van der Waals surface area (Å²) in [4.78, 5) is 12.0. The Morgan fingerprint density at radius 1 is 1.29 bits per heavy atom. The maximum Gasteiger partial charge on any atom is 0.315 e. The van der Waals surface area contributed by atoms with E-state index in [0.29, 0.717) is 12.6 Å². The molecule has 2 amide bonds. The summed E-state index contributed by atoms with van der Waals surface area (Å²) in [6.07, 6.45) is 5.42. The average Bonchev–Trinajstić information content (AvgIpc) is 3.03. The molecular formula is C17H26N2O2. The van der Waals surface area contributed by atoms with Gasteiger partial charge in [0.05, 0.1) is 6.54 Å². The molecule has 0 saturated heterocycles. The molecule has 4 nitrogen and oxygen atoms in total. The van der Waals surface area contributed by atoms with Crippen molar-refractivity contribution in [2.45, 2.75) is 50.7 Å². The molecule has 1 aromatic carbocycles. The smallest absolute Gasteiger partial charge is 0.315 e. The highest BCUT2D eigenvalue weighted by atomic mass is 16.5. The number of urea groups is 1. The van der Waals surface area contributed by atoms with Crippen LogP contribution in [0.15, 0.2) is 30.3 Å². The Balaban J connectivity index is 1.95. The largest absolute Gasteiger partial charge is 0.372 e. The lowest BCUT2D eigenvalue weighted by Gasteiger charge is -2.32. The fourth-order valence-corrected chi connectivity index (χ4v) is 3.04. The number of amides is 2. The van der Waals surface area contributed by atoms with Gasteiger partial charge in [-0.05, 0) is 24.8 Å². The fourth-order valence-electron chi connectivity index (χ4n) is 3.04. The maximum atomic E-state index is 12.0. The van der Waals surface area contributed by atoms with Crippen LogP contribution in [0, 0.1) is 0 Å². The molecule has 0 bridgehead atoms. The first-order chi connectivity index (χ1) is 10.2. The van der Waals surface area contributed by atoms with E-state index in [0.717, 1.165) is 24.8 Å². The lowest BCUT2D eigenvalue weighted by molar-refractivity contribution is -0.0152. The van der Waals surface area contributed by atoms with Crippen LogP contribution in [-0.4, -0.2) is 25.7 Å². The third-order valence-corrected chi connectivity index (χ3v) is 4.49. The molecule has 1 aromatic rings. The van der Waals surface area contributed by atoms with E-state index in [2.05, 4.69) is 17.6 Å². The molecule has 1 aliphatic rings. The number of ether oxygens (including phenoxy) is 1. The first-order valence-electron chi connectivity index (χ1n) is 7.85.